The van der Waals surface area contributed by atoms with Gasteiger partial charge >= 0.3 is 6.61 Å². The van der Waals surface area contributed by atoms with Crippen molar-refractivity contribution in [1.82, 2.24) is 10.6 Å². The second-order valence-electron chi connectivity index (χ2n) is 5.24. The maximum absolute atomic E-state index is 12.1. The third-order valence-electron chi connectivity index (χ3n) is 3.42. The number of benzene rings is 1. The van der Waals surface area contributed by atoms with Crippen molar-refractivity contribution in [3.05, 3.63) is 54.0 Å². The van der Waals surface area contributed by atoms with Gasteiger partial charge in [0.15, 0.2) is 0 Å². The molecule has 1 aromatic heterocycles. The molecule has 1 aromatic carbocycles. The lowest BCUT2D eigenvalue weighted by molar-refractivity contribution is -0.120. The number of alkyl halides is 2. The summed E-state index contributed by atoms with van der Waals surface area (Å²) in [4.78, 5) is 11.8. The first-order valence-corrected chi connectivity index (χ1v) is 7.62. The van der Waals surface area contributed by atoms with Crippen LogP contribution in [0.1, 0.15) is 24.3 Å². The van der Waals surface area contributed by atoms with Crippen molar-refractivity contribution in [3.63, 3.8) is 0 Å². The molecule has 0 spiro atoms. The van der Waals surface area contributed by atoms with Gasteiger partial charge in [-0.05, 0) is 43.2 Å². The van der Waals surface area contributed by atoms with Crippen LogP contribution in [0.25, 0.3) is 0 Å². The fraction of sp³-hybridized carbons (Fsp3) is 0.353. The van der Waals surface area contributed by atoms with Crippen LogP contribution in [0.5, 0.6) is 5.75 Å². The Hall–Kier alpha value is -2.41. The van der Waals surface area contributed by atoms with Gasteiger partial charge in [-0.15, -0.1) is 0 Å². The van der Waals surface area contributed by atoms with Gasteiger partial charge in [0.25, 0.3) is 0 Å². The van der Waals surface area contributed by atoms with Crippen molar-refractivity contribution in [2.24, 2.45) is 0 Å². The third-order valence-corrected chi connectivity index (χ3v) is 3.42. The molecule has 0 fully saturated rings. The normalized spacial score (nSPS) is 12.2. The predicted molar refractivity (Wildman–Crippen MR) is 84.9 cm³/mol. The van der Waals surface area contributed by atoms with E-state index >= 15 is 0 Å². The monoisotopic (exact) mass is 338 g/mol. The van der Waals surface area contributed by atoms with Crippen LogP contribution in [-0.2, 0) is 11.2 Å². The first-order chi connectivity index (χ1) is 11.5. The van der Waals surface area contributed by atoms with Gasteiger partial charge in [0.1, 0.15) is 11.5 Å². The molecular formula is C17H20F2N2O3. The van der Waals surface area contributed by atoms with E-state index in [-0.39, 0.29) is 24.2 Å². The summed E-state index contributed by atoms with van der Waals surface area (Å²) in [6.45, 7) is -0.269. The molecule has 7 heteroatoms. The first kappa shape index (κ1) is 17.9. The number of carbonyl (C=O) groups excluding carboxylic acids is 1. The van der Waals surface area contributed by atoms with Crippen LogP contribution < -0.4 is 15.4 Å². The number of nitrogens with one attached hydrogen (secondary N) is 2. The lowest BCUT2D eigenvalue weighted by Gasteiger charge is -2.11. The summed E-state index contributed by atoms with van der Waals surface area (Å²) in [6.07, 6.45) is 2.19. The Labute approximate surface area is 139 Å². The van der Waals surface area contributed by atoms with Crippen molar-refractivity contribution in [2.75, 3.05) is 13.1 Å². The molecule has 2 aromatic rings. The fourth-order valence-electron chi connectivity index (χ4n) is 2.13. The van der Waals surface area contributed by atoms with Crippen LogP contribution in [0.15, 0.2) is 47.1 Å². The largest absolute Gasteiger partial charge is 0.468 e. The van der Waals surface area contributed by atoms with Crippen LogP contribution in [0, 0.1) is 0 Å². The van der Waals surface area contributed by atoms with Crippen LogP contribution in [0.2, 0.25) is 0 Å². The zero-order valence-corrected chi connectivity index (χ0v) is 13.3. The molecule has 1 amide bonds. The average molecular weight is 338 g/mol. The summed E-state index contributed by atoms with van der Waals surface area (Å²) in [5.41, 5.74) is 0.925. The smallest absolute Gasteiger partial charge is 0.387 e. The number of rotatable bonds is 9. The molecule has 0 saturated carbocycles. The number of carbonyl (C=O) groups is 1. The lowest BCUT2D eigenvalue weighted by Crippen LogP contribution is -2.35. The van der Waals surface area contributed by atoms with Gasteiger partial charge in [-0.3, -0.25) is 10.1 Å². The lowest BCUT2D eigenvalue weighted by atomic mass is 10.1. The molecular weight excluding hydrogens is 318 g/mol. The van der Waals surface area contributed by atoms with Crippen molar-refractivity contribution in [2.45, 2.75) is 26.0 Å². The molecule has 0 radical (unpaired) electrons. The quantitative estimate of drug-likeness (QED) is 0.738. The molecule has 0 aliphatic carbocycles. The molecule has 0 saturated heterocycles. The van der Waals surface area contributed by atoms with E-state index < -0.39 is 6.61 Å². The highest BCUT2D eigenvalue weighted by molar-refractivity contribution is 5.78. The Morgan fingerprint density at radius 1 is 1.25 bits per heavy atom. The average Bonchev–Trinajstić information content (AvgIpc) is 3.08. The minimum Gasteiger partial charge on any atom is -0.468 e. The Bertz CT molecular complexity index is 615. The summed E-state index contributed by atoms with van der Waals surface area (Å²) in [5, 5.41) is 5.86. The number of halogens is 2. The van der Waals surface area contributed by atoms with Crippen molar-refractivity contribution >= 4 is 5.91 Å². The Kier molecular flexibility index (Phi) is 6.74. The molecule has 0 unspecified atom stereocenters. The van der Waals surface area contributed by atoms with E-state index in [1.165, 1.54) is 12.1 Å². The molecule has 5 nitrogen and oxygen atoms in total. The summed E-state index contributed by atoms with van der Waals surface area (Å²) in [7, 11) is 0. The number of hydrogen-bond donors (Lipinski definition) is 2. The number of hydrogen-bond acceptors (Lipinski definition) is 4. The summed E-state index contributed by atoms with van der Waals surface area (Å²) >= 11 is 0. The van der Waals surface area contributed by atoms with Gasteiger partial charge in [-0.2, -0.15) is 8.78 Å². The first-order valence-electron chi connectivity index (χ1n) is 7.62. The highest BCUT2D eigenvalue weighted by Crippen LogP contribution is 2.15. The molecule has 2 N–H and O–H groups in total. The van der Waals surface area contributed by atoms with Crippen LogP contribution in [-0.4, -0.2) is 25.6 Å². The van der Waals surface area contributed by atoms with Crippen LogP contribution >= 0.6 is 0 Å². The minimum atomic E-state index is -2.83. The Morgan fingerprint density at radius 3 is 2.62 bits per heavy atom. The fourth-order valence-corrected chi connectivity index (χ4v) is 2.13. The molecule has 1 atom stereocenters. The van der Waals surface area contributed by atoms with Gasteiger partial charge < -0.3 is 14.5 Å². The number of amides is 1. The highest BCUT2D eigenvalue weighted by atomic mass is 19.3. The van der Waals surface area contributed by atoms with Gasteiger partial charge in [0, 0.05) is 6.54 Å². The van der Waals surface area contributed by atoms with Gasteiger partial charge in [0.2, 0.25) is 5.91 Å². The standard InChI is InChI=1S/C17H20F2N2O3/c1-12(15-3-2-10-23-15)21-11-16(22)20-9-8-13-4-6-14(7-5-13)24-17(18)19/h2-7,10,12,17,21H,8-9,11H2,1H3,(H,20,22)/t12-/m1/s1. The summed E-state index contributed by atoms with van der Waals surface area (Å²) in [6, 6.07) is 9.95. The second kappa shape index (κ2) is 9.02. The van der Waals surface area contributed by atoms with E-state index in [0.29, 0.717) is 13.0 Å². The highest BCUT2D eigenvalue weighted by Gasteiger charge is 2.09. The van der Waals surface area contributed by atoms with Gasteiger partial charge in [-0.25, -0.2) is 0 Å². The summed E-state index contributed by atoms with van der Waals surface area (Å²) < 4.78 is 33.6. The SMILES string of the molecule is C[C@@H](NCC(=O)NCCc1ccc(OC(F)F)cc1)c1ccco1. The van der Waals surface area contributed by atoms with Gasteiger partial charge in [-0.1, -0.05) is 12.1 Å². The van der Waals surface area contributed by atoms with Crippen LogP contribution in [0.3, 0.4) is 0 Å². The molecule has 130 valence electrons. The molecule has 0 aliphatic heterocycles. The Balaban J connectivity index is 1.65. The maximum Gasteiger partial charge on any atom is 0.387 e. The predicted octanol–water partition coefficient (Wildman–Crippen LogP) is 2.89. The maximum atomic E-state index is 12.1. The third kappa shape index (κ3) is 6.00. The van der Waals surface area contributed by atoms with Crippen molar-refractivity contribution in [1.29, 1.82) is 0 Å². The van der Waals surface area contributed by atoms with E-state index in [0.717, 1.165) is 11.3 Å². The second-order valence-corrected chi connectivity index (χ2v) is 5.24. The summed E-state index contributed by atoms with van der Waals surface area (Å²) in [5.74, 6) is 0.772. The van der Waals surface area contributed by atoms with Gasteiger partial charge in [0.05, 0.1) is 18.8 Å². The molecule has 2 rings (SSSR count). The van der Waals surface area contributed by atoms with Crippen molar-refractivity contribution in [3.8, 4) is 5.75 Å². The van der Waals surface area contributed by atoms with E-state index in [4.69, 9.17) is 4.42 Å². The topological polar surface area (TPSA) is 63.5 Å². The van der Waals surface area contributed by atoms with E-state index in [9.17, 15) is 13.6 Å². The zero-order valence-electron chi connectivity index (χ0n) is 13.3. The number of furan rings is 1. The number of ether oxygens (including phenoxy) is 1. The minimum absolute atomic E-state index is 0.0480. The molecule has 1 heterocycles. The van der Waals surface area contributed by atoms with Crippen molar-refractivity contribution < 1.29 is 22.7 Å². The van der Waals surface area contributed by atoms with Crippen LogP contribution in [0.4, 0.5) is 8.78 Å². The van der Waals surface area contributed by atoms with E-state index in [1.54, 1.807) is 24.5 Å². The zero-order chi connectivity index (χ0) is 17.4. The molecule has 24 heavy (non-hydrogen) atoms. The molecule has 0 aliphatic rings. The molecule has 0 bridgehead atoms. The van der Waals surface area contributed by atoms with E-state index in [2.05, 4.69) is 15.4 Å². The van der Waals surface area contributed by atoms with E-state index in [1.807, 2.05) is 13.0 Å². The Morgan fingerprint density at radius 2 is 2.00 bits per heavy atom.